The summed E-state index contributed by atoms with van der Waals surface area (Å²) < 4.78 is 0. The molecule has 0 aliphatic rings. The van der Waals surface area contributed by atoms with E-state index in [2.05, 4.69) is 245 Å². The first kappa shape index (κ1) is 39.2. The fourth-order valence-corrected chi connectivity index (χ4v) is 9.80. The van der Waals surface area contributed by atoms with Crippen molar-refractivity contribution in [1.82, 2.24) is 0 Å². The van der Waals surface area contributed by atoms with Crippen LogP contribution < -0.4 is 9.80 Å². The van der Waals surface area contributed by atoms with E-state index in [4.69, 9.17) is 0 Å². The molecule has 11 aromatic carbocycles. The van der Waals surface area contributed by atoms with Crippen molar-refractivity contribution in [1.29, 1.82) is 0 Å². The average Bonchev–Trinajstić information content (AvgIpc) is 3.31. The number of hydrogen-bond donors (Lipinski definition) is 0. The molecule has 0 heterocycles. The lowest BCUT2D eigenvalue weighted by Gasteiger charge is -2.30. The molecule has 0 saturated carbocycles. The van der Waals surface area contributed by atoms with Crippen LogP contribution in [0.2, 0.25) is 0 Å². The van der Waals surface area contributed by atoms with E-state index in [1.54, 1.807) is 0 Å². The summed E-state index contributed by atoms with van der Waals surface area (Å²) in [5.74, 6) is 0. The zero-order valence-electron chi connectivity index (χ0n) is 37.4. The molecule has 308 valence electrons. The molecule has 11 rings (SSSR count). The summed E-state index contributed by atoms with van der Waals surface area (Å²) in [7, 11) is 0. The summed E-state index contributed by atoms with van der Waals surface area (Å²) in [5.41, 5.74) is 19.1. The van der Waals surface area contributed by atoms with E-state index in [0.717, 1.165) is 34.1 Å². The van der Waals surface area contributed by atoms with Gasteiger partial charge in [-0.25, -0.2) is 0 Å². The molecular weight excluding hydrogens is 773 g/mol. The molecule has 0 aromatic heterocycles. The average molecular weight is 823 g/mol. The van der Waals surface area contributed by atoms with Crippen LogP contribution in [0.5, 0.6) is 0 Å². The minimum Gasteiger partial charge on any atom is -0.310 e. The van der Waals surface area contributed by atoms with Gasteiger partial charge in [0, 0.05) is 44.3 Å². The Bertz CT molecular complexity index is 3140. The molecule has 2 nitrogen and oxygen atoms in total. The zero-order chi connectivity index (χ0) is 43.6. The lowest BCUT2D eigenvalue weighted by molar-refractivity contribution is 1.28. The molecule has 0 fully saturated rings. The third-order valence-electron chi connectivity index (χ3n) is 13.2. The molecule has 0 saturated heterocycles. The first-order valence-electron chi connectivity index (χ1n) is 22.4. The SMILES string of the molecule is Cc1ccc(-c2ccc3c4ccc(-c5ccc(C)cc5)c5c(N(c6ccc(C)cc6)c6ccc(C)cc6)ccc(c6ccc(N(c7ccc(C)cc7)c7ccc(C)cc7)c2c36)c54)cc1. The van der Waals surface area contributed by atoms with Crippen LogP contribution in [-0.2, 0) is 0 Å². The lowest BCUT2D eigenvalue weighted by Crippen LogP contribution is -2.12. The monoisotopic (exact) mass is 822 g/mol. The lowest BCUT2D eigenvalue weighted by atomic mass is 9.83. The summed E-state index contributed by atoms with van der Waals surface area (Å²) in [5, 5.41) is 10.0. The number of benzene rings is 11. The molecule has 0 radical (unpaired) electrons. The van der Waals surface area contributed by atoms with Gasteiger partial charge >= 0.3 is 0 Å². The van der Waals surface area contributed by atoms with Crippen LogP contribution in [0.1, 0.15) is 33.4 Å². The topological polar surface area (TPSA) is 6.48 Å². The van der Waals surface area contributed by atoms with Crippen molar-refractivity contribution in [2.24, 2.45) is 0 Å². The third kappa shape index (κ3) is 6.66. The molecule has 2 heteroatoms. The Kier molecular flexibility index (Phi) is 9.55. The van der Waals surface area contributed by atoms with E-state index in [0.29, 0.717) is 0 Å². The van der Waals surface area contributed by atoms with Crippen LogP contribution in [0.4, 0.5) is 34.1 Å². The van der Waals surface area contributed by atoms with Gasteiger partial charge in [-0.05, 0) is 146 Å². The minimum atomic E-state index is 1.13. The Labute approximate surface area is 376 Å². The molecule has 0 amide bonds. The molecule has 11 aromatic rings. The van der Waals surface area contributed by atoms with Crippen LogP contribution in [0.25, 0.3) is 65.3 Å². The summed E-state index contributed by atoms with van der Waals surface area (Å²) in [6.07, 6.45) is 0. The van der Waals surface area contributed by atoms with Crippen LogP contribution in [0.15, 0.2) is 194 Å². The van der Waals surface area contributed by atoms with E-state index in [-0.39, 0.29) is 0 Å². The van der Waals surface area contributed by atoms with Crippen LogP contribution in [0.3, 0.4) is 0 Å². The van der Waals surface area contributed by atoms with Crippen molar-refractivity contribution in [3.63, 3.8) is 0 Å². The Hall–Kier alpha value is -7.68. The van der Waals surface area contributed by atoms with Crippen molar-refractivity contribution in [2.45, 2.75) is 41.5 Å². The first-order valence-corrected chi connectivity index (χ1v) is 22.4. The largest absolute Gasteiger partial charge is 0.310 e. The van der Waals surface area contributed by atoms with Gasteiger partial charge in [-0.3, -0.25) is 0 Å². The number of anilines is 6. The standard InChI is InChI=1S/C62H50N2/c1-39-7-19-45(20-8-39)51-31-33-53-54-34-32-52(46-21-9-40(2)10-22-46)62-58(64(49-27-15-43(5)16-28-49)50-29-17-44(6)18-30-50)38-36-56(60(54)62)55-35-37-57(61(51)59(53)55)63(47-23-11-41(3)12-24-47)48-25-13-42(4)14-26-48/h7-38H,1-6H3. The van der Waals surface area contributed by atoms with Crippen LogP contribution in [0, 0.1) is 41.5 Å². The molecule has 0 bridgehead atoms. The van der Waals surface area contributed by atoms with Gasteiger partial charge in [0.25, 0.3) is 0 Å². The predicted molar refractivity (Wildman–Crippen MR) is 276 cm³/mol. The molecule has 0 spiro atoms. The highest BCUT2D eigenvalue weighted by Gasteiger charge is 2.26. The fraction of sp³-hybridized carbons (Fsp3) is 0.0968. The van der Waals surface area contributed by atoms with Gasteiger partial charge in [-0.15, -0.1) is 0 Å². The van der Waals surface area contributed by atoms with Gasteiger partial charge < -0.3 is 9.80 Å². The molecular formula is C62H50N2. The number of nitrogens with zero attached hydrogens (tertiary/aromatic N) is 2. The van der Waals surface area contributed by atoms with E-state index in [1.807, 2.05) is 0 Å². The second-order valence-electron chi connectivity index (χ2n) is 17.8. The zero-order valence-corrected chi connectivity index (χ0v) is 37.4. The van der Waals surface area contributed by atoms with Crippen LogP contribution in [-0.4, -0.2) is 0 Å². The fourth-order valence-electron chi connectivity index (χ4n) is 9.80. The smallest absolute Gasteiger partial charge is 0.0546 e. The van der Waals surface area contributed by atoms with Crippen LogP contribution >= 0.6 is 0 Å². The number of hydrogen-bond acceptors (Lipinski definition) is 2. The van der Waals surface area contributed by atoms with Gasteiger partial charge in [0.1, 0.15) is 0 Å². The molecule has 0 aliphatic carbocycles. The Balaban J connectivity index is 1.29. The first-order chi connectivity index (χ1) is 31.2. The van der Waals surface area contributed by atoms with E-state index in [1.165, 1.54) is 98.7 Å². The highest BCUT2D eigenvalue weighted by atomic mass is 15.1. The Morgan fingerprint density at radius 2 is 0.453 bits per heavy atom. The molecule has 0 aliphatic heterocycles. The normalized spacial score (nSPS) is 11.6. The highest BCUT2D eigenvalue weighted by Crippen LogP contribution is 2.53. The van der Waals surface area contributed by atoms with Crippen molar-refractivity contribution in [3.8, 4) is 22.3 Å². The van der Waals surface area contributed by atoms with Gasteiger partial charge in [0.05, 0.1) is 11.4 Å². The summed E-state index contributed by atoms with van der Waals surface area (Å²) in [6.45, 7) is 13.0. The molecule has 0 N–H and O–H groups in total. The maximum atomic E-state index is 2.45. The summed E-state index contributed by atoms with van der Waals surface area (Å²) >= 11 is 0. The van der Waals surface area contributed by atoms with Gasteiger partial charge in [0.2, 0.25) is 0 Å². The maximum Gasteiger partial charge on any atom is 0.0546 e. The second-order valence-corrected chi connectivity index (χ2v) is 17.8. The van der Waals surface area contributed by atoms with Gasteiger partial charge in [-0.2, -0.15) is 0 Å². The predicted octanol–water partition coefficient (Wildman–Crippen LogP) is 17.9. The molecule has 64 heavy (non-hydrogen) atoms. The minimum absolute atomic E-state index is 1.13. The molecule has 0 atom stereocenters. The number of aryl methyl sites for hydroxylation is 6. The maximum absolute atomic E-state index is 2.45. The Morgan fingerprint density at radius 3 is 0.719 bits per heavy atom. The summed E-state index contributed by atoms with van der Waals surface area (Å²) in [4.78, 5) is 4.91. The highest BCUT2D eigenvalue weighted by molar-refractivity contribution is 6.38. The van der Waals surface area contributed by atoms with Gasteiger partial charge in [-0.1, -0.05) is 167 Å². The van der Waals surface area contributed by atoms with Crippen molar-refractivity contribution in [3.05, 3.63) is 228 Å². The Morgan fingerprint density at radius 1 is 0.219 bits per heavy atom. The number of rotatable bonds is 8. The third-order valence-corrected chi connectivity index (χ3v) is 13.2. The van der Waals surface area contributed by atoms with Gasteiger partial charge in [0.15, 0.2) is 0 Å². The quantitative estimate of drug-likeness (QED) is 0.111. The molecule has 0 unspecified atom stereocenters. The van der Waals surface area contributed by atoms with Crippen molar-refractivity contribution >= 4 is 77.2 Å². The second kappa shape index (κ2) is 15.6. The van der Waals surface area contributed by atoms with E-state index in [9.17, 15) is 0 Å². The van der Waals surface area contributed by atoms with Crippen molar-refractivity contribution < 1.29 is 0 Å². The summed E-state index contributed by atoms with van der Waals surface area (Å²) in [6, 6.07) is 73.0. The van der Waals surface area contributed by atoms with E-state index < -0.39 is 0 Å². The van der Waals surface area contributed by atoms with Crippen molar-refractivity contribution in [2.75, 3.05) is 9.80 Å². The van der Waals surface area contributed by atoms with E-state index >= 15 is 0 Å². The number of fused-ring (bicyclic) bond motifs is 2.